The van der Waals surface area contributed by atoms with Crippen LogP contribution in [0.25, 0.3) is 0 Å². The van der Waals surface area contributed by atoms with Gasteiger partial charge in [0.1, 0.15) is 5.75 Å². The van der Waals surface area contributed by atoms with Gasteiger partial charge in [0, 0.05) is 18.7 Å². The van der Waals surface area contributed by atoms with Crippen LogP contribution in [0.1, 0.15) is 38.3 Å². The number of hydrogen-bond donors (Lipinski definition) is 1. The van der Waals surface area contributed by atoms with Crippen molar-refractivity contribution < 1.29 is 9.47 Å². The van der Waals surface area contributed by atoms with Crippen LogP contribution in [0.5, 0.6) is 5.75 Å². The minimum Gasteiger partial charge on any atom is -0.496 e. The number of rotatable bonds is 7. The molecule has 3 heteroatoms. The number of hydrogen-bond acceptors (Lipinski definition) is 3. The lowest BCUT2D eigenvalue weighted by Gasteiger charge is -2.26. The summed E-state index contributed by atoms with van der Waals surface area (Å²) in [4.78, 5) is 0. The topological polar surface area (TPSA) is 30.5 Å². The molecule has 0 radical (unpaired) electrons. The van der Waals surface area contributed by atoms with E-state index in [0.29, 0.717) is 0 Å². The zero-order valence-electron chi connectivity index (χ0n) is 12.1. The molecule has 0 saturated heterocycles. The van der Waals surface area contributed by atoms with Gasteiger partial charge in [0.05, 0.1) is 12.7 Å². The molecule has 1 N–H and O–H groups in total. The third-order valence-corrected chi connectivity index (χ3v) is 3.45. The molecule has 1 aromatic carbocycles. The van der Waals surface area contributed by atoms with E-state index in [1.165, 1.54) is 5.56 Å². The van der Waals surface area contributed by atoms with Crippen LogP contribution in [0, 0.1) is 0 Å². The van der Waals surface area contributed by atoms with E-state index in [0.717, 1.165) is 18.6 Å². The van der Waals surface area contributed by atoms with Gasteiger partial charge in [-0.05, 0) is 39.8 Å². The van der Waals surface area contributed by atoms with Crippen LogP contribution in [0.15, 0.2) is 24.3 Å². The van der Waals surface area contributed by atoms with Crippen LogP contribution in [-0.2, 0) is 4.74 Å². The van der Waals surface area contributed by atoms with Gasteiger partial charge >= 0.3 is 0 Å². The lowest BCUT2D eigenvalue weighted by atomic mass is 9.94. The third-order valence-electron chi connectivity index (χ3n) is 3.45. The maximum absolute atomic E-state index is 5.47. The van der Waals surface area contributed by atoms with Gasteiger partial charge in [0.25, 0.3) is 0 Å². The molecule has 18 heavy (non-hydrogen) atoms. The second-order valence-corrected chi connectivity index (χ2v) is 5.09. The molecule has 0 saturated carbocycles. The summed E-state index contributed by atoms with van der Waals surface area (Å²) in [5.41, 5.74) is 1.12. The van der Waals surface area contributed by atoms with E-state index in [1.807, 2.05) is 25.2 Å². The van der Waals surface area contributed by atoms with E-state index in [4.69, 9.17) is 9.47 Å². The minimum absolute atomic E-state index is 0.0862. The average Bonchev–Trinajstić information content (AvgIpc) is 2.40. The molecule has 0 aromatic heterocycles. The molecule has 0 fully saturated rings. The van der Waals surface area contributed by atoms with Gasteiger partial charge in [-0.1, -0.05) is 18.2 Å². The second-order valence-electron chi connectivity index (χ2n) is 5.09. The van der Waals surface area contributed by atoms with Crippen LogP contribution in [0.2, 0.25) is 0 Å². The zero-order valence-corrected chi connectivity index (χ0v) is 12.1. The minimum atomic E-state index is -0.0862. The Kier molecular flexibility index (Phi) is 5.63. The SMILES string of the molecule is CNC(CCC(C)(C)OC)c1ccccc1OC. The number of ether oxygens (including phenoxy) is 2. The highest BCUT2D eigenvalue weighted by Crippen LogP contribution is 2.30. The molecular weight excluding hydrogens is 226 g/mol. The lowest BCUT2D eigenvalue weighted by molar-refractivity contribution is 0.0118. The first-order valence-electron chi connectivity index (χ1n) is 6.39. The first kappa shape index (κ1) is 15.0. The number of methoxy groups -OCH3 is 2. The molecule has 1 atom stereocenters. The molecule has 0 bridgehead atoms. The monoisotopic (exact) mass is 251 g/mol. The van der Waals surface area contributed by atoms with Crippen LogP contribution >= 0.6 is 0 Å². The van der Waals surface area contributed by atoms with E-state index in [2.05, 4.69) is 25.2 Å². The van der Waals surface area contributed by atoms with Crippen molar-refractivity contribution >= 4 is 0 Å². The smallest absolute Gasteiger partial charge is 0.123 e. The van der Waals surface area contributed by atoms with Crippen LogP contribution < -0.4 is 10.1 Å². The highest BCUT2D eigenvalue weighted by Gasteiger charge is 2.21. The summed E-state index contributed by atoms with van der Waals surface area (Å²) in [6, 6.07) is 8.44. The van der Waals surface area contributed by atoms with Gasteiger partial charge in [-0.15, -0.1) is 0 Å². The highest BCUT2D eigenvalue weighted by molar-refractivity contribution is 5.35. The Morgan fingerprint density at radius 1 is 1.22 bits per heavy atom. The summed E-state index contributed by atoms with van der Waals surface area (Å²) in [6.45, 7) is 4.23. The molecule has 102 valence electrons. The number of nitrogens with one attached hydrogen (secondary N) is 1. The summed E-state index contributed by atoms with van der Waals surface area (Å²) in [6.07, 6.45) is 2.00. The van der Waals surface area contributed by atoms with Gasteiger partial charge in [-0.2, -0.15) is 0 Å². The number of benzene rings is 1. The molecule has 0 amide bonds. The van der Waals surface area contributed by atoms with E-state index in [1.54, 1.807) is 14.2 Å². The fourth-order valence-electron chi connectivity index (χ4n) is 2.00. The lowest BCUT2D eigenvalue weighted by Crippen LogP contribution is -2.26. The predicted octanol–water partition coefficient (Wildman–Crippen LogP) is 3.16. The zero-order chi connectivity index (χ0) is 13.6. The molecule has 1 rings (SSSR count). The summed E-state index contributed by atoms with van der Waals surface area (Å²) < 4.78 is 10.9. The molecule has 3 nitrogen and oxygen atoms in total. The Morgan fingerprint density at radius 2 is 1.89 bits per heavy atom. The summed E-state index contributed by atoms with van der Waals surface area (Å²) in [5, 5.41) is 3.35. The third kappa shape index (κ3) is 4.00. The summed E-state index contributed by atoms with van der Waals surface area (Å²) >= 11 is 0. The standard InChI is InChI=1S/C15H25NO2/c1-15(2,18-5)11-10-13(16-3)12-8-6-7-9-14(12)17-4/h6-9,13,16H,10-11H2,1-5H3. The first-order valence-corrected chi connectivity index (χ1v) is 6.39. The van der Waals surface area contributed by atoms with Gasteiger partial charge < -0.3 is 14.8 Å². The van der Waals surface area contributed by atoms with Crippen molar-refractivity contribution in [1.82, 2.24) is 5.32 Å². The van der Waals surface area contributed by atoms with Crippen molar-refractivity contribution in [3.8, 4) is 5.75 Å². The molecule has 0 aliphatic heterocycles. The van der Waals surface area contributed by atoms with Crippen molar-refractivity contribution in [1.29, 1.82) is 0 Å². The van der Waals surface area contributed by atoms with Gasteiger partial charge in [0.2, 0.25) is 0 Å². The largest absolute Gasteiger partial charge is 0.496 e. The van der Waals surface area contributed by atoms with Crippen molar-refractivity contribution in [3.63, 3.8) is 0 Å². The fraction of sp³-hybridized carbons (Fsp3) is 0.600. The van der Waals surface area contributed by atoms with Crippen molar-refractivity contribution in [2.45, 2.75) is 38.3 Å². The Hall–Kier alpha value is -1.06. The Labute approximate surface area is 110 Å². The van der Waals surface area contributed by atoms with E-state index >= 15 is 0 Å². The van der Waals surface area contributed by atoms with Gasteiger partial charge in [-0.25, -0.2) is 0 Å². The highest BCUT2D eigenvalue weighted by atomic mass is 16.5. The van der Waals surface area contributed by atoms with Crippen molar-refractivity contribution in [2.24, 2.45) is 0 Å². The second kappa shape index (κ2) is 6.76. The number of para-hydroxylation sites is 1. The molecule has 1 aromatic rings. The van der Waals surface area contributed by atoms with Crippen LogP contribution in [0.3, 0.4) is 0 Å². The molecule has 1 unspecified atom stereocenters. The normalized spacial score (nSPS) is 13.4. The van der Waals surface area contributed by atoms with Crippen molar-refractivity contribution in [3.05, 3.63) is 29.8 Å². The van der Waals surface area contributed by atoms with Crippen LogP contribution in [0.4, 0.5) is 0 Å². The van der Waals surface area contributed by atoms with Gasteiger partial charge in [-0.3, -0.25) is 0 Å². The maximum Gasteiger partial charge on any atom is 0.123 e. The quantitative estimate of drug-likeness (QED) is 0.807. The van der Waals surface area contributed by atoms with Crippen molar-refractivity contribution in [2.75, 3.05) is 21.3 Å². The Balaban J connectivity index is 2.77. The Bertz CT molecular complexity index is 363. The predicted molar refractivity (Wildman–Crippen MR) is 75.1 cm³/mol. The summed E-state index contributed by atoms with van der Waals surface area (Å²) in [5.74, 6) is 0.937. The molecule has 0 spiro atoms. The Morgan fingerprint density at radius 3 is 2.44 bits per heavy atom. The first-order chi connectivity index (χ1) is 8.54. The molecule has 0 heterocycles. The maximum atomic E-state index is 5.47. The summed E-state index contributed by atoms with van der Waals surface area (Å²) in [7, 11) is 5.46. The molecule has 0 aliphatic carbocycles. The molecule has 0 aliphatic rings. The van der Waals surface area contributed by atoms with E-state index in [9.17, 15) is 0 Å². The van der Waals surface area contributed by atoms with Gasteiger partial charge in [0.15, 0.2) is 0 Å². The average molecular weight is 251 g/mol. The molecular formula is C15H25NO2. The van der Waals surface area contributed by atoms with Crippen LogP contribution in [-0.4, -0.2) is 26.9 Å². The van der Waals surface area contributed by atoms with E-state index in [-0.39, 0.29) is 11.6 Å². The van der Waals surface area contributed by atoms with E-state index < -0.39 is 0 Å². The fourth-order valence-corrected chi connectivity index (χ4v) is 2.00.